The molecule has 1 fully saturated rings. The third-order valence-electron chi connectivity index (χ3n) is 1.84. The van der Waals surface area contributed by atoms with E-state index in [0.717, 1.165) is 11.7 Å². The second-order valence-corrected chi connectivity index (χ2v) is 6.47. The van der Waals surface area contributed by atoms with E-state index < -0.39 is 7.97 Å². The van der Waals surface area contributed by atoms with Gasteiger partial charge in [-0.2, -0.15) is 0 Å². The minimum atomic E-state index is -0.585. The number of rotatable bonds is 2. The van der Waals surface area contributed by atoms with E-state index in [0.29, 0.717) is 0 Å². The molecule has 0 saturated heterocycles. The van der Waals surface area contributed by atoms with Crippen molar-refractivity contribution >= 4 is 29.2 Å². The van der Waals surface area contributed by atoms with Crippen molar-refractivity contribution in [1.82, 2.24) is 0 Å². The molecule has 0 bridgehead atoms. The lowest BCUT2D eigenvalue weighted by molar-refractivity contribution is 0.610. The molecule has 3 heteroatoms. The highest BCUT2D eigenvalue weighted by atomic mass is 127. The van der Waals surface area contributed by atoms with E-state index in [2.05, 4.69) is 0 Å². The summed E-state index contributed by atoms with van der Waals surface area (Å²) in [5.41, 5.74) is 0. The van der Waals surface area contributed by atoms with Gasteiger partial charge in [-0.15, -0.1) is 0 Å². The predicted molar refractivity (Wildman–Crippen MR) is 49.0 cm³/mol. The largest absolute Gasteiger partial charge is 0.249 e. The Hall–Kier alpha value is 0.880. The van der Waals surface area contributed by atoms with Gasteiger partial charge in [0, 0.05) is 27.0 Å². The van der Waals surface area contributed by atoms with Crippen molar-refractivity contribution < 1.29 is 4.21 Å². The van der Waals surface area contributed by atoms with E-state index in [1.165, 1.54) is 25.7 Å². The van der Waals surface area contributed by atoms with Gasteiger partial charge >= 0.3 is 0 Å². The van der Waals surface area contributed by atoms with Crippen LogP contribution in [0.2, 0.25) is 0 Å². The number of hydrogen-bond acceptors (Lipinski definition) is 1. The number of hydrogen-bond donors (Lipinski definition) is 0. The highest BCUT2D eigenvalue weighted by Gasteiger charge is 2.15. The standard InChI is InChI=1S/C6H11IOS/c7-9(8)5-6-3-1-2-4-6/h6H,1-5H2. The molecule has 0 radical (unpaired) electrons. The van der Waals surface area contributed by atoms with Gasteiger partial charge in [-0.1, -0.05) is 12.8 Å². The van der Waals surface area contributed by atoms with Crippen LogP contribution in [0.1, 0.15) is 25.7 Å². The highest BCUT2D eigenvalue weighted by Crippen LogP contribution is 2.26. The lowest BCUT2D eigenvalue weighted by atomic mass is 10.1. The normalized spacial score (nSPS) is 24.6. The molecule has 1 atom stereocenters. The first-order valence-electron chi connectivity index (χ1n) is 3.33. The molecule has 0 aromatic carbocycles. The van der Waals surface area contributed by atoms with Crippen LogP contribution in [0.25, 0.3) is 0 Å². The summed E-state index contributed by atoms with van der Waals surface area (Å²) in [5, 5.41) is 0. The summed E-state index contributed by atoms with van der Waals surface area (Å²) in [6, 6.07) is 0. The molecule has 0 heterocycles. The Labute approximate surface area is 70.6 Å². The van der Waals surface area contributed by atoms with Crippen molar-refractivity contribution in [3.05, 3.63) is 0 Å². The summed E-state index contributed by atoms with van der Waals surface area (Å²) in [7, 11) is -0.585. The monoisotopic (exact) mass is 258 g/mol. The fourth-order valence-corrected chi connectivity index (χ4v) is 3.59. The summed E-state index contributed by atoms with van der Waals surface area (Å²) in [6.07, 6.45) is 5.35. The first-order valence-corrected chi connectivity index (χ1v) is 7.20. The Morgan fingerprint density at radius 3 is 2.44 bits per heavy atom. The predicted octanol–water partition coefficient (Wildman–Crippen LogP) is 2.28. The summed E-state index contributed by atoms with van der Waals surface area (Å²) in [4.78, 5) is 0. The molecule has 1 unspecified atom stereocenters. The van der Waals surface area contributed by atoms with E-state index in [-0.39, 0.29) is 0 Å². The molecule has 54 valence electrons. The van der Waals surface area contributed by atoms with Gasteiger partial charge in [-0.25, -0.2) is 4.21 Å². The maximum absolute atomic E-state index is 10.7. The van der Waals surface area contributed by atoms with E-state index in [1.54, 1.807) is 0 Å². The quantitative estimate of drug-likeness (QED) is 0.548. The zero-order chi connectivity index (χ0) is 6.69. The van der Waals surface area contributed by atoms with Crippen LogP contribution in [-0.4, -0.2) is 9.96 Å². The van der Waals surface area contributed by atoms with E-state index in [1.807, 2.05) is 21.2 Å². The zero-order valence-corrected chi connectivity index (χ0v) is 8.28. The van der Waals surface area contributed by atoms with Crippen LogP contribution in [0, 0.1) is 5.92 Å². The Kier molecular flexibility index (Phi) is 3.46. The molecule has 1 aliphatic rings. The smallest absolute Gasteiger partial charge is 0.0838 e. The van der Waals surface area contributed by atoms with Gasteiger partial charge in [0.15, 0.2) is 0 Å². The van der Waals surface area contributed by atoms with Crippen molar-refractivity contribution in [2.45, 2.75) is 25.7 Å². The van der Waals surface area contributed by atoms with Gasteiger partial charge in [0.05, 0.1) is 7.97 Å². The van der Waals surface area contributed by atoms with Crippen LogP contribution in [0.4, 0.5) is 0 Å². The molecule has 0 aliphatic heterocycles. The van der Waals surface area contributed by atoms with Crippen molar-refractivity contribution in [2.24, 2.45) is 5.92 Å². The van der Waals surface area contributed by atoms with Crippen molar-refractivity contribution in [3.8, 4) is 0 Å². The Bertz CT molecular complexity index is 110. The summed E-state index contributed by atoms with van der Waals surface area (Å²) in [6.45, 7) is 0. The molecule has 0 aromatic rings. The second-order valence-electron chi connectivity index (χ2n) is 2.61. The van der Waals surface area contributed by atoms with Crippen molar-refractivity contribution in [1.29, 1.82) is 0 Å². The summed E-state index contributed by atoms with van der Waals surface area (Å²) >= 11 is 2.00. The number of halogens is 1. The first kappa shape index (κ1) is 7.98. The van der Waals surface area contributed by atoms with Gasteiger partial charge in [0.1, 0.15) is 0 Å². The molecular formula is C6H11IOS. The van der Waals surface area contributed by atoms with Crippen LogP contribution in [0.3, 0.4) is 0 Å². The molecule has 1 rings (SSSR count). The minimum absolute atomic E-state index is 0.585. The van der Waals surface area contributed by atoms with Crippen molar-refractivity contribution in [2.75, 3.05) is 5.75 Å². The lowest BCUT2D eigenvalue weighted by Crippen LogP contribution is -2.01. The van der Waals surface area contributed by atoms with Crippen molar-refractivity contribution in [3.63, 3.8) is 0 Å². The fraction of sp³-hybridized carbons (Fsp3) is 1.00. The van der Waals surface area contributed by atoms with Crippen LogP contribution in [-0.2, 0) is 7.97 Å². The third kappa shape index (κ3) is 2.98. The molecule has 9 heavy (non-hydrogen) atoms. The van der Waals surface area contributed by atoms with E-state index in [9.17, 15) is 4.21 Å². The summed E-state index contributed by atoms with van der Waals surface area (Å²) in [5.74, 6) is 1.71. The van der Waals surface area contributed by atoms with Gasteiger partial charge in [-0.05, 0) is 18.8 Å². The van der Waals surface area contributed by atoms with E-state index >= 15 is 0 Å². The lowest BCUT2D eigenvalue weighted by Gasteiger charge is -2.02. The highest BCUT2D eigenvalue weighted by molar-refractivity contribution is 14.2. The van der Waals surface area contributed by atoms with Gasteiger partial charge in [0.2, 0.25) is 0 Å². The SMILES string of the molecule is O=S(I)CC1CCCC1. The minimum Gasteiger partial charge on any atom is -0.249 e. The summed E-state index contributed by atoms with van der Waals surface area (Å²) < 4.78 is 10.7. The maximum Gasteiger partial charge on any atom is 0.0838 e. The van der Waals surface area contributed by atoms with Crippen LogP contribution in [0.5, 0.6) is 0 Å². The van der Waals surface area contributed by atoms with Gasteiger partial charge in [-0.3, -0.25) is 0 Å². The Morgan fingerprint density at radius 1 is 1.44 bits per heavy atom. The zero-order valence-electron chi connectivity index (χ0n) is 5.31. The van der Waals surface area contributed by atoms with Gasteiger partial charge in [0.25, 0.3) is 0 Å². The van der Waals surface area contributed by atoms with Crippen LogP contribution >= 0.6 is 21.2 Å². The molecule has 0 spiro atoms. The molecule has 0 aromatic heterocycles. The first-order chi connectivity index (χ1) is 4.29. The molecule has 1 saturated carbocycles. The van der Waals surface area contributed by atoms with Crippen LogP contribution in [0.15, 0.2) is 0 Å². The van der Waals surface area contributed by atoms with Gasteiger partial charge < -0.3 is 0 Å². The molecule has 1 nitrogen and oxygen atoms in total. The average molecular weight is 258 g/mol. The molecular weight excluding hydrogens is 247 g/mol. The molecule has 0 N–H and O–H groups in total. The topological polar surface area (TPSA) is 17.1 Å². The van der Waals surface area contributed by atoms with Crippen LogP contribution < -0.4 is 0 Å². The van der Waals surface area contributed by atoms with E-state index in [4.69, 9.17) is 0 Å². The maximum atomic E-state index is 10.7. The second kappa shape index (κ2) is 3.91. The fourth-order valence-electron chi connectivity index (χ4n) is 1.36. The molecule has 1 aliphatic carbocycles. The molecule has 0 amide bonds. The average Bonchev–Trinajstić information content (AvgIpc) is 2.15. The third-order valence-corrected chi connectivity index (χ3v) is 3.65. The Morgan fingerprint density at radius 2 is 2.00 bits per heavy atom. The Balaban J connectivity index is 2.19.